The molecule has 0 aromatic rings. The van der Waals surface area contributed by atoms with Gasteiger partial charge in [-0.3, -0.25) is 28.9 Å². The fourth-order valence-corrected chi connectivity index (χ4v) is 5.05. The van der Waals surface area contributed by atoms with Gasteiger partial charge in [0.05, 0.1) is 0 Å². The van der Waals surface area contributed by atoms with E-state index >= 15 is 0 Å². The molecule has 0 radical (unpaired) electrons. The van der Waals surface area contributed by atoms with Crippen molar-refractivity contribution in [1.29, 1.82) is 0 Å². The van der Waals surface area contributed by atoms with Gasteiger partial charge < -0.3 is 25.6 Å². The molecule has 1 fully saturated rings. The molecule has 1 heterocycles. The van der Waals surface area contributed by atoms with E-state index in [0.29, 0.717) is 38.5 Å². The Morgan fingerprint density at radius 1 is 0.733 bits per heavy atom. The van der Waals surface area contributed by atoms with E-state index in [1.54, 1.807) is 0 Å². The van der Waals surface area contributed by atoms with Crippen molar-refractivity contribution in [3.63, 3.8) is 0 Å². The number of nitrogens with zero attached hydrogens (tertiary/aromatic N) is 1. The molecule has 1 aliphatic heterocycles. The molecule has 258 valence electrons. The summed E-state index contributed by atoms with van der Waals surface area (Å²) in [5, 5.41) is 22.5. The number of carbonyl (C=O) groups excluding carboxylic acids is 5. The van der Waals surface area contributed by atoms with Gasteiger partial charge in [0.25, 0.3) is 0 Å². The Morgan fingerprint density at radius 2 is 1.22 bits per heavy atom. The van der Waals surface area contributed by atoms with Crippen LogP contribution in [0, 0.1) is 5.92 Å². The van der Waals surface area contributed by atoms with Gasteiger partial charge in [0.1, 0.15) is 18.2 Å². The van der Waals surface area contributed by atoms with E-state index in [2.05, 4.69) is 17.6 Å². The Morgan fingerprint density at radius 3 is 1.67 bits per heavy atom. The molecule has 0 aromatic heterocycles. The molecule has 0 aliphatic carbocycles. The highest BCUT2D eigenvalue weighted by Crippen LogP contribution is 2.15. The Bertz CT molecular complexity index is 865. The largest absolute Gasteiger partial charge is 0.481 e. The van der Waals surface area contributed by atoms with Crippen LogP contribution in [0.25, 0.3) is 0 Å². The number of hydrogen-bond donors (Lipinski definition) is 4. The van der Waals surface area contributed by atoms with Gasteiger partial charge in [-0.05, 0) is 19.3 Å². The Hall–Kier alpha value is -3.31. The summed E-state index contributed by atoms with van der Waals surface area (Å²) < 4.78 is 0. The Labute approximate surface area is 268 Å². The van der Waals surface area contributed by atoms with Crippen LogP contribution in [0.2, 0.25) is 0 Å². The lowest BCUT2D eigenvalue weighted by Gasteiger charge is -2.13. The molecule has 4 N–H and O–H groups in total. The first-order valence-corrected chi connectivity index (χ1v) is 16.9. The number of aldehydes is 1. The number of imide groups is 1. The van der Waals surface area contributed by atoms with Crippen LogP contribution in [0.15, 0.2) is 0 Å². The molecular weight excluding hydrogens is 582 g/mol. The summed E-state index contributed by atoms with van der Waals surface area (Å²) in [4.78, 5) is 78.1. The van der Waals surface area contributed by atoms with Crippen LogP contribution in [0.5, 0.6) is 0 Å². The maximum atomic E-state index is 11.8. The molecule has 4 amide bonds. The van der Waals surface area contributed by atoms with Gasteiger partial charge in [-0.25, -0.2) is 4.79 Å². The number of carboxylic acid groups (broad SMARTS) is 2. The first-order chi connectivity index (χ1) is 21.7. The molecule has 1 aliphatic rings. The lowest BCUT2D eigenvalue weighted by atomic mass is 10.0. The van der Waals surface area contributed by atoms with Gasteiger partial charge in [-0.1, -0.05) is 103 Å². The smallest absolute Gasteiger partial charge is 0.328 e. The van der Waals surface area contributed by atoms with Gasteiger partial charge in [-0.2, -0.15) is 0 Å². The number of rotatable bonds is 28. The number of unbranched alkanes of at least 4 members (excludes halogenated alkanes) is 15. The standard InChI is InChI=1S/C23H40N2O7.C10H17NO2/c26-17-19(22(29)30)14-12-10-8-6-4-2-1-3-5-7-9-11-13-15-21(28)25-20(23(31)32)16-24-18-27;1-2-3-4-5-8-11-9(12)6-7-10(11)13/h17-20H,1-16H2,(H,24,27)(H,25,28)(H,29,30)(H,31,32);2-8H2,1H3. The zero-order valence-electron chi connectivity index (χ0n) is 27.3. The van der Waals surface area contributed by atoms with Gasteiger partial charge >= 0.3 is 11.9 Å². The number of amides is 4. The van der Waals surface area contributed by atoms with Crippen molar-refractivity contribution in [2.24, 2.45) is 5.92 Å². The Kier molecular flexibility index (Phi) is 26.1. The van der Waals surface area contributed by atoms with Crippen LogP contribution in [-0.4, -0.2) is 76.6 Å². The van der Waals surface area contributed by atoms with Crippen LogP contribution in [0.1, 0.15) is 142 Å². The third kappa shape index (κ3) is 22.8. The number of likely N-dealkylation sites (tertiary alicyclic amines) is 1. The SMILES string of the molecule is CCCCCCN1C(=O)CCC1=O.O=CNCC(NC(=O)CCCCCCCCCCCCCCCC(C=O)C(=O)O)C(=O)O. The van der Waals surface area contributed by atoms with E-state index in [1.165, 1.54) is 49.8 Å². The van der Waals surface area contributed by atoms with Crippen molar-refractivity contribution in [3.05, 3.63) is 0 Å². The van der Waals surface area contributed by atoms with Crippen molar-refractivity contribution < 1.29 is 43.8 Å². The van der Waals surface area contributed by atoms with Crippen molar-refractivity contribution in [1.82, 2.24) is 15.5 Å². The maximum absolute atomic E-state index is 11.8. The quantitative estimate of drug-likeness (QED) is 0.0405. The van der Waals surface area contributed by atoms with E-state index < -0.39 is 23.9 Å². The number of carboxylic acids is 2. The van der Waals surface area contributed by atoms with Gasteiger partial charge in [0.15, 0.2) is 0 Å². The summed E-state index contributed by atoms with van der Waals surface area (Å²) in [6, 6.07) is -1.10. The molecule has 1 rings (SSSR count). The molecule has 0 saturated carbocycles. The molecule has 1 saturated heterocycles. The predicted octanol–water partition coefficient (Wildman–Crippen LogP) is 4.77. The second-order valence-corrected chi connectivity index (χ2v) is 11.7. The van der Waals surface area contributed by atoms with Crippen molar-refractivity contribution in [2.45, 2.75) is 148 Å². The van der Waals surface area contributed by atoms with E-state index in [0.717, 1.165) is 64.2 Å². The van der Waals surface area contributed by atoms with Crippen molar-refractivity contribution in [2.75, 3.05) is 13.1 Å². The number of hydrogen-bond acceptors (Lipinski definition) is 7. The topological polar surface area (TPSA) is 187 Å². The van der Waals surface area contributed by atoms with Crippen LogP contribution in [0.3, 0.4) is 0 Å². The molecule has 12 nitrogen and oxygen atoms in total. The normalized spacial score (nSPS) is 13.8. The fourth-order valence-electron chi connectivity index (χ4n) is 5.05. The summed E-state index contributed by atoms with van der Waals surface area (Å²) in [6.45, 7) is 2.66. The summed E-state index contributed by atoms with van der Waals surface area (Å²) in [6.07, 6.45) is 20.8. The first kappa shape index (κ1) is 41.7. The summed E-state index contributed by atoms with van der Waals surface area (Å²) in [5.41, 5.74) is 0. The average Bonchev–Trinajstić information content (AvgIpc) is 3.33. The highest BCUT2D eigenvalue weighted by atomic mass is 16.4. The molecule has 12 heteroatoms. The highest BCUT2D eigenvalue weighted by Gasteiger charge is 2.27. The van der Waals surface area contributed by atoms with Gasteiger partial charge in [-0.15, -0.1) is 0 Å². The fraction of sp³-hybridized carbons (Fsp3) is 0.788. The molecule has 0 aromatic carbocycles. The number of nitrogens with one attached hydrogen (secondary N) is 2. The molecule has 2 unspecified atom stereocenters. The first-order valence-electron chi connectivity index (χ1n) is 16.9. The minimum Gasteiger partial charge on any atom is -0.481 e. The molecular formula is C33H57N3O9. The van der Waals surface area contributed by atoms with Crippen LogP contribution in [0.4, 0.5) is 0 Å². The Balaban J connectivity index is 0.00000123. The van der Waals surface area contributed by atoms with E-state index in [9.17, 15) is 33.6 Å². The monoisotopic (exact) mass is 639 g/mol. The van der Waals surface area contributed by atoms with E-state index in [-0.39, 0.29) is 30.7 Å². The third-order valence-corrected chi connectivity index (χ3v) is 7.83. The van der Waals surface area contributed by atoms with Gasteiger partial charge in [0.2, 0.25) is 24.1 Å². The highest BCUT2D eigenvalue weighted by molar-refractivity contribution is 6.01. The molecule has 2 atom stereocenters. The summed E-state index contributed by atoms with van der Waals surface area (Å²) in [5.74, 6) is -3.33. The van der Waals surface area contributed by atoms with Crippen molar-refractivity contribution in [3.8, 4) is 0 Å². The van der Waals surface area contributed by atoms with Crippen LogP contribution < -0.4 is 10.6 Å². The second kappa shape index (κ2) is 28.2. The van der Waals surface area contributed by atoms with Crippen LogP contribution in [-0.2, 0) is 33.6 Å². The minimum atomic E-state index is -1.17. The van der Waals surface area contributed by atoms with Crippen molar-refractivity contribution >= 4 is 42.4 Å². The number of carbonyl (C=O) groups is 7. The minimum absolute atomic E-state index is 0.0153. The summed E-state index contributed by atoms with van der Waals surface area (Å²) >= 11 is 0. The predicted molar refractivity (Wildman–Crippen MR) is 170 cm³/mol. The zero-order chi connectivity index (χ0) is 33.7. The van der Waals surface area contributed by atoms with Gasteiger partial charge in [0, 0.05) is 32.4 Å². The second-order valence-electron chi connectivity index (χ2n) is 11.7. The molecule has 0 bridgehead atoms. The lowest BCUT2D eigenvalue weighted by molar-refractivity contribution is -0.144. The third-order valence-electron chi connectivity index (χ3n) is 7.83. The molecule has 45 heavy (non-hydrogen) atoms. The molecule has 0 spiro atoms. The maximum Gasteiger partial charge on any atom is 0.328 e. The van der Waals surface area contributed by atoms with E-state index in [4.69, 9.17) is 10.2 Å². The average molecular weight is 640 g/mol. The lowest BCUT2D eigenvalue weighted by Crippen LogP contribution is -2.46. The summed E-state index contributed by atoms with van der Waals surface area (Å²) in [7, 11) is 0. The number of aliphatic carboxylic acids is 2. The van der Waals surface area contributed by atoms with Crippen LogP contribution >= 0.6 is 0 Å². The van der Waals surface area contributed by atoms with E-state index in [1.807, 2.05) is 0 Å². The zero-order valence-corrected chi connectivity index (χ0v) is 27.3.